The molecule has 1 aliphatic heterocycles. The third kappa shape index (κ3) is 5.16. The zero-order valence-corrected chi connectivity index (χ0v) is 24.7. The first-order valence-corrected chi connectivity index (χ1v) is 13.3. The number of ether oxygens (including phenoxy) is 4. The minimum absolute atomic E-state index is 0.343. The van der Waals surface area contributed by atoms with Crippen LogP contribution in [0.15, 0.2) is 71.9 Å². The molecule has 1 aliphatic rings. The number of anilines is 3. The highest BCUT2D eigenvalue weighted by molar-refractivity contribution is 6.06. The fourth-order valence-corrected chi connectivity index (χ4v) is 4.97. The molecule has 0 aliphatic carbocycles. The molecule has 5 rings (SSSR count). The van der Waals surface area contributed by atoms with Gasteiger partial charge in [-0.25, -0.2) is 4.68 Å². The van der Waals surface area contributed by atoms with Gasteiger partial charge in [-0.05, 0) is 49.4 Å². The van der Waals surface area contributed by atoms with Crippen LogP contribution in [0.5, 0.6) is 23.0 Å². The van der Waals surface area contributed by atoms with Crippen LogP contribution in [0.4, 0.5) is 17.3 Å². The maximum atomic E-state index is 14.1. The number of aromatic nitrogens is 3. The molecule has 0 fully saturated rings. The summed E-state index contributed by atoms with van der Waals surface area (Å²) < 4.78 is 24.1. The maximum Gasteiger partial charge on any atom is 0.255 e. The van der Waals surface area contributed by atoms with Crippen molar-refractivity contribution in [1.82, 2.24) is 14.8 Å². The Bertz CT molecular complexity index is 1640. The third-order valence-electron chi connectivity index (χ3n) is 7.12. The van der Waals surface area contributed by atoms with E-state index in [0.717, 1.165) is 11.3 Å². The number of nitrogens with one attached hydrogen (secondary N) is 2. The van der Waals surface area contributed by atoms with Crippen molar-refractivity contribution in [2.24, 2.45) is 0 Å². The van der Waals surface area contributed by atoms with Gasteiger partial charge in [-0.3, -0.25) is 4.79 Å². The summed E-state index contributed by atoms with van der Waals surface area (Å²) in [5.74, 6) is 2.65. The number of carbonyl (C=O) groups excluding carboxylic acids is 1. The van der Waals surface area contributed by atoms with Gasteiger partial charge in [0.2, 0.25) is 5.95 Å². The van der Waals surface area contributed by atoms with Crippen molar-refractivity contribution in [3.05, 3.63) is 77.5 Å². The van der Waals surface area contributed by atoms with Crippen LogP contribution in [0.25, 0.3) is 11.4 Å². The summed E-state index contributed by atoms with van der Waals surface area (Å²) in [5.41, 5.74) is 4.09. The normalized spacial score (nSPS) is 14.0. The molecule has 3 aromatic carbocycles. The summed E-state index contributed by atoms with van der Waals surface area (Å²) in [6, 6.07) is 18.0. The van der Waals surface area contributed by atoms with Crippen molar-refractivity contribution in [3.63, 3.8) is 0 Å². The molecule has 218 valence electrons. The molecule has 1 amide bonds. The monoisotopic (exact) mass is 570 g/mol. The van der Waals surface area contributed by atoms with Crippen molar-refractivity contribution in [2.75, 3.05) is 58.1 Å². The Balaban J connectivity index is 1.67. The Morgan fingerprint density at radius 2 is 1.52 bits per heavy atom. The number of allylic oxidation sites excluding steroid dienone is 1. The standard InChI is InChI=1S/C31H34N6O5/c1-18-27(30(38)33-22-10-8-9-11-23(22)39-4)28(21-16-25(41-6)26(42-7)17-24(21)40-5)37-31(32-18)34-29(35-37)19-12-14-20(15-13-19)36(2)3/h8-17,28H,1-7H3,(H,33,38)(H,32,34,35). The van der Waals surface area contributed by atoms with Crippen LogP contribution in [0, 0.1) is 0 Å². The number of hydrogen-bond acceptors (Lipinski definition) is 9. The van der Waals surface area contributed by atoms with E-state index >= 15 is 0 Å². The molecule has 0 spiro atoms. The second kappa shape index (κ2) is 11.7. The predicted molar refractivity (Wildman–Crippen MR) is 162 cm³/mol. The second-order valence-electron chi connectivity index (χ2n) is 9.81. The van der Waals surface area contributed by atoms with Crippen LogP contribution in [-0.4, -0.2) is 63.2 Å². The van der Waals surface area contributed by atoms with Gasteiger partial charge in [0.05, 0.1) is 39.7 Å². The number of amides is 1. The van der Waals surface area contributed by atoms with Crippen molar-refractivity contribution in [3.8, 4) is 34.4 Å². The smallest absolute Gasteiger partial charge is 0.255 e. The summed E-state index contributed by atoms with van der Waals surface area (Å²) in [4.78, 5) is 20.9. The molecular weight excluding hydrogens is 536 g/mol. The molecule has 0 saturated heterocycles. The number of rotatable bonds is 9. The minimum atomic E-state index is -0.729. The highest BCUT2D eigenvalue weighted by Crippen LogP contribution is 2.44. The van der Waals surface area contributed by atoms with E-state index < -0.39 is 6.04 Å². The van der Waals surface area contributed by atoms with Crippen LogP contribution < -0.4 is 34.5 Å². The van der Waals surface area contributed by atoms with Gasteiger partial charge in [0, 0.05) is 42.7 Å². The quantitative estimate of drug-likeness (QED) is 0.288. The second-order valence-corrected chi connectivity index (χ2v) is 9.81. The zero-order valence-electron chi connectivity index (χ0n) is 24.7. The number of benzene rings is 3. The first-order chi connectivity index (χ1) is 20.3. The molecule has 11 nitrogen and oxygen atoms in total. The van der Waals surface area contributed by atoms with Crippen LogP contribution >= 0.6 is 0 Å². The number of fused-ring (bicyclic) bond motifs is 1. The van der Waals surface area contributed by atoms with Crippen LogP contribution in [0.2, 0.25) is 0 Å². The summed E-state index contributed by atoms with van der Waals surface area (Å²) in [5, 5.41) is 11.2. The van der Waals surface area contributed by atoms with Crippen molar-refractivity contribution >= 4 is 23.2 Å². The van der Waals surface area contributed by atoms with Gasteiger partial charge in [-0.1, -0.05) is 12.1 Å². The van der Waals surface area contributed by atoms with Gasteiger partial charge in [-0.15, -0.1) is 5.10 Å². The average Bonchev–Trinajstić information content (AvgIpc) is 3.43. The molecule has 0 radical (unpaired) electrons. The third-order valence-corrected chi connectivity index (χ3v) is 7.12. The Labute approximate surface area is 244 Å². The number of carbonyl (C=O) groups is 1. The molecule has 0 bridgehead atoms. The molecule has 1 aromatic heterocycles. The Hall–Kier alpha value is -5.19. The molecule has 2 heterocycles. The Kier molecular flexibility index (Phi) is 7.92. The lowest BCUT2D eigenvalue weighted by atomic mass is 9.93. The summed E-state index contributed by atoms with van der Waals surface area (Å²) in [6.07, 6.45) is 0. The first-order valence-electron chi connectivity index (χ1n) is 13.3. The Morgan fingerprint density at radius 1 is 0.881 bits per heavy atom. The lowest BCUT2D eigenvalue weighted by molar-refractivity contribution is -0.113. The number of nitrogens with zero attached hydrogens (tertiary/aromatic N) is 4. The van der Waals surface area contributed by atoms with Crippen molar-refractivity contribution < 1.29 is 23.7 Å². The highest BCUT2D eigenvalue weighted by atomic mass is 16.5. The van der Waals surface area contributed by atoms with E-state index in [2.05, 4.69) is 10.6 Å². The zero-order chi connectivity index (χ0) is 30.0. The first kappa shape index (κ1) is 28.3. The van der Waals surface area contributed by atoms with E-state index in [0.29, 0.717) is 57.3 Å². The summed E-state index contributed by atoms with van der Waals surface area (Å²) in [6.45, 7) is 1.83. The van der Waals surface area contributed by atoms with E-state index in [1.165, 1.54) is 0 Å². The van der Waals surface area contributed by atoms with Gasteiger partial charge in [0.15, 0.2) is 17.3 Å². The largest absolute Gasteiger partial charge is 0.496 e. The van der Waals surface area contributed by atoms with Crippen molar-refractivity contribution in [1.29, 1.82) is 0 Å². The molecule has 11 heteroatoms. The molecule has 1 unspecified atom stereocenters. The molecule has 2 N–H and O–H groups in total. The van der Waals surface area contributed by atoms with Crippen LogP contribution in [0.1, 0.15) is 18.5 Å². The van der Waals surface area contributed by atoms with Gasteiger partial charge >= 0.3 is 0 Å². The van der Waals surface area contributed by atoms with Crippen molar-refractivity contribution in [2.45, 2.75) is 13.0 Å². The molecule has 0 saturated carbocycles. The van der Waals surface area contributed by atoms with E-state index in [4.69, 9.17) is 29.0 Å². The average molecular weight is 571 g/mol. The summed E-state index contributed by atoms with van der Waals surface area (Å²) in [7, 11) is 10.2. The minimum Gasteiger partial charge on any atom is -0.496 e. The van der Waals surface area contributed by atoms with Crippen LogP contribution in [0.3, 0.4) is 0 Å². The SMILES string of the molecule is COc1ccccc1NC(=O)C1=C(C)Nc2nc(-c3ccc(N(C)C)cc3)nn2C1c1cc(OC)c(OC)cc1OC. The fraction of sp³-hybridized carbons (Fsp3) is 0.258. The van der Waals surface area contributed by atoms with Gasteiger partial charge in [0.25, 0.3) is 5.91 Å². The van der Waals surface area contributed by atoms with Crippen LogP contribution in [-0.2, 0) is 4.79 Å². The van der Waals surface area contributed by atoms with E-state index in [-0.39, 0.29) is 5.91 Å². The summed E-state index contributed by atoms with van der Waals surface area (Å²) >= 11 is 0. The molecule has 42 heavy (non-hydrogen) atoms. The number of para-hydroxylation sites is 2. The molecule has 4 aromatic rings. The lowest BCUT2D eigenvalue weighted by Crippen LogP contribution is -2.32. The highest BCUT2D eigenvalue weighted by Gasteiger charge is 2.37. The molecule has 1 atom stereocenters. The predicted octanol–water partition coefficient (Wildman–Crippen LogP) is 4.97. The van der Waals surface area contributed by atoms with Gasteiger partial charge < -0.3 is 34.5 Å². The van der Waals surface area contributed by atoms with Gasteiger partial charge in [0.1, 0.15) is 17.5 Å². The number of hydrogen-bond donors (Lipinski definition) is 2. The topological polar surface area (TPSA) is 112 Å². The van der Waals surface area contributed by atoms with E-state index in [1.54, 1.807) is 57.4 Å². The lowest BCUT2D eigenvalue weighted by Gasteiger charge is -2.30. The Morgan fingerprint density at radius 3 is 2.17 bits per heavy atom. The van der Waals surface area contributed by atoms with E-state index in [9.17, 15) is 4.79 Å². The fourth-order valence-electron chi connectivity index (χ4n) is 4.97. The van der Waals surface area contributed by atoms with E-state index in [1.807, 2.05) is 62.3 Å². The number of methoxy groups -OCH3 is 4. The van der Waals surface area contributed by atoms with Gasteiger partial charge in [-0.2, -0.15) is 4.98 Å². The maximum absolute atomic E-state index is 14.1. The molecular formula is C31H34N6O5.